The second kappa shape index (κ2) is 7.57. The molecule has 2 heterocycles. The summed E-state index contributed by atoms with van der Waals surface area (Å²) in [6.45, 7) is 1.18. The fourth-order valence-corrected chi connectivity index (χ4v) is 2.99. The van der Waals surface area contributed by atoms with Crippen LogP contribution in [0.25, 0.3) is 0 Å². The van der Waals surface area contributed by atoms with Crippen LogP contribution in [0.5, 0.6) is 0 Å². The number of likely N-dealkylation sites (tertiary alicyclic amines) is 1. The molecule has 8 heteroatoms. The highest BCUT2D eigenvalue weighted by atomic mass is 35.5. The quantitative estimate of drug-likeness (QED) is 0.904. The summed E-state index contributed by atoms with van der Waals surface area (Å²) in [5.41, 5.74) is 1.12. The SMILES string of the molecule is Cn1cc(Cl)c(C(=O)N[C@H]2CCN(C(=O)OCc3ccccc3)C2)n1. The van der Waals surface area contributed by atoms with Crippen molar-refractivity contribution in [3.8, 4) is 0 Å². The van der Waals surface area contributed by atoms with Gasteiger partial charge in [0.1, 0.15) is 6.61 Å². The minimum Gasteiger partial charge on any atom is -0.445 e. The monoisotopic (exact) mass is 362 g/mol. The summed E-state index contributed by atoms with van der Waals surface area (Å²) in [7, 11) is 1.70. The first-order valence-corrected chi connectivity index (χ1v) is 8.36. The maximum absolute atomic E-state index is 12.2. The average Bonchev–Trinajstić information content (AvgIpc) is 3.19. The summed E-state index contributed by atoms with van der Waals surface area (Å²) in [4.78, 5) is 25.9. The molecule has 7 nitrogen and oxygen atoms in total. The number of rotatable bonds is 4. The molecular weight excluding hydrogens is 344 g/mol. The first-order chi connectivity index (χ1) is 12.0. The highest BCUT2D eigenvalue weighted by molar-refractivity contribution is 6.33. The van der Waals surface area contributed by atoms with Crippen molar-refractivity contribution in [1.29, 1.82) is 0 Å². The minimum atomic E-state index is -0.378. The lowest BCUT2D eigenvalue weighted by atomic mass is 10.2. The molecule has 1 aromatic heterocycles. The van der Waals surface area contributed by atoms with Crippen LogP contribution in [0.4, 0.5) is 4.79 Å². The van der Waals surface area contributed by atoms with Crippen LogP contribution in [0.1, 0.15) is 22.5 Å². The molecule has 0 spiro atoms. The lowest BCUT2D eigenvalue weighted by molar-refractivity contribution is 0.0917. The molecule has 1 aliphatic heterocycles. The lowest BCUT2D eigenvalue weighted by Crippen LogP contribution is -2.38. The van der Waals surface area contributed by atoms with Crippen molar-refractivity contribution in [3.05, 3.63) is 52.8 Å². The first-order valence-electron chi connectivity index (χ1n) is 7.98. The zero-order valence-electron chi connectivity index (χ0n) is 13.8. The van der Waals surface area contributed by atoms with Crippen LogP contribution < -0.4 is 5.32 Å². The van der Waals surface area contributed by atoms with Crippen LogP contribution in [-0.2, 0) is 18.4 Å². The summed E-state index contributed by atoms with van der Waals surface area (Å²) < 4.78 is 6.80. The van der Waals surface area contributed by atoms with E-state index in [1.54, 1.807) is 18.1 Å². The fourth-order valence-electron chi connectivity index (χ4n) is 2.72. The number of halogens is 1. The predicted molar refractivity (Wildman–Crippen MR) is 92.3 cm³/mol. The normalized spacial score (nSPS) is 16.7. The molecule has 25 heavy (non-hydrogen) atoms. The highest BCUT2D eigenvalue weighted by Crippen LogP contribution is 2.16. The molecule has 0 bridgehead atoms. The van der Waals surface area contributed by atoms with E-state index in [1.807, 2.05) is 30.3 Å². The van der Waals surface area contributed by atoms with Crippen LogP contribution >= 0.6 is 11.6 Å². The molecule has 2 aromatic rings. The Morgan fingerprint density at radius 2 is 2.12 bits per heavy atom. The lowest BCUT2D eigenvalue weighted by Gasteiger charge is -2.17. The van der Waals surface area contributed by atoms with Gasteiger partial charge in [-0.05, 0) is 12.0 Å². The van der Waals surface area contributed by atoms with Gasteiger partial charge in [-0.1, -0.05) is 41.9 Å². The molecule has 1 aliphatic rings. The first kappa shape index (κ1) is 17.3. The second-order valence-electron chi connectivity index (χ2n) is 5.94. The molecule has 1 N–H and O–H groups in total. The number of aromatic nitrogens is 2. The van der Waals surface area contributed by atoms with Crippen molar-refractivity contribution in [2.45, 2.75) is 19.1 Å². The Hall–Kier alpha value is -2.54. The zero-order valence-corrected chi connectivity index (χ0v) is 14.6. The van der Waals surface area contributed by atoms with Gasteiger partial charge < -0.3 is 15.0 Å². The molecule has 2 amide bonds. The molecule has 0 radical (unpaired) electrons. The number of amides is 2. The number of hydrogen-bond donors (Lipinski definition) is 1. The van der Waals surface area contributed by atoms with Gasteiger partial charge in [-0.2, -0.15) is 5.10 Å². The third-order valence-electron chi connectivity index (χ3n) is 3.99. The number of ether oxygens (including phenoxy) is 1. The van der Waals surface area contributed by atoms with Crippen LogP contribution in [0, 0.1) is 0 Å². The third-order valence-corrected chi connectivity index (χ3v) is 4.26. The Morgan fingerprint density at radius 3 is 2.80 bits per heavy atom. The number of carbonyl (C=O) groups excluding carboxylic acids is 2. The maximum atomic E-state index is 12.2. The summed E-state index contributed by atoms with van der Waals surface area (Å²) in [6.07, 6.45) is 1.85. The number of nitrogens with one attached hydrogen (secondary N) is 1. The van der Waals surface area contributed by atoms with Crippen molar-refractivity contribution < 1.29 is 14.3 Å². The van der Waals surface area contributed by atoms with Gasteiger partial charge in [-0.3, -0.25) is 9.48 Å². The molecule has 0 aliphatic carbocycles. The number of hydrogen-bond acceptors (Lipinski definition) is 4. The largest absolute Gasteiger partial charge is 0.445 e. The molecule has 1 aromatic carbocycles. The van der Waals surface area contributed by atoms with E-state index in [0.29, 0.717) is 24.5 Å². The van der Waals surface area contributed by atoms with Crippen LogP contribution in [0.15, 0.2) is 36.5 Å². The summed E-state index contributed by atoms with van der Waals surface area (Å²) in [5, 5.41) is 7.20. The van der Waals surface area contributed by atoms with Gasteiger partial charge in [0.05, 0.1) is 5.02 Å². The second-order valence-corrected chi connectivity index (χ2v) is 6.35. The smallest absolute Gasteiger partial charge is 0.410 e. The van der Waals surface area contributed by atoms with E-state index in [9.17, 15) is 9.59 Å². The molecule has 1 fully saturated rings. The molecule has 1 saturated heterocycles. The molecule has 0 unspecified atom stereocenters. The minimum absolute atomic E-state index is 0.144. The molecular formula is C17H19ClN4O3. The van der Waals surface area contributed by atoms with E-state index in [1.165, 1.54) is 4.68 Å². The Kier molecular flexibility index (Phi) is 5.23. The van der Waals surface area contributed by atoms with Gasteiger partial charge in [0.15, 0.2) is 5.69 Å². The van der Waals surface area contributed by atoms with Gasteiger partial charge >= 0.3 is 6.09 Å². The molecule has 0 saturated carbocycles. The van der Waals surface area contributed by atoms with Gasteiger partial charge in [-0.15, -0.1) is 0 Å². The van der Waals surface area contributed by atoms with E-state index in [0.717, 1.165) is 5.56 Å². The Labute approximate surface area is 150 Å². The Bertz CT molecular complexity index is 763. The Morgan fingerprint density at radius 1 is 1.36 bits per heavy atom. The van der Waals surface area contributed by atoms with E-state index in [-0.39, 0.29) is 30.3 Å². The van der Waals surface area contributed by atoms with Crippen LogP contribution in [-0.4, -0.2) is 45.8 Å². The Balaban J connectivity index is 1.48. The predicted octanol–water partition coefficient (Wildman–Crippen LogP) is 2.21. The molecule has 1 atom stereocenters. The van der Waals surface area contributed by atoms with Crippen molar-refractivity contribution in [2.75, 3.05) is 13.1 Å². The van der Waals surface area contributed by atoms with Crippen LogP contribution in [0.2, 0.25) is 5.02 Å². The summed E-state index contributed by atoms with van der Waals surface area (Å²) in [6, 6.07) is 9.36. The number of nitrogens with zero attached hydrogens (tertiary/aromatic N) is 3. The van der Waals surface area contributed by atoms with Gasteiger partial charge in [0, 0.05) is 32.4 Å². The number of aryl methyl sites for hydroxylation is 1. The zero-order chi connectivity index (χ0) is 17.8. The van der Waals surface area contributed by atoms with Gasteiger partial charge in [0.25, 0.3) is 5.91 Å². The average molecular weight is 363 g/mol. The van der Waals surface area contributed by atoms with Crippen molar-refractivity contribution in [3.63, 3.8) is 0 Å². The van der Waals surface area contributed by atoms with Gasteiger partial charge in [-0.25, -0.2) is 4.79 Å². The fraction of sp³-hybridized carbons (Fsp3) is 0.353. The molecule has 132 valence electrons. The van der Waals surface area contributed by atoms with Gasteiger partial charge in [0.2, 0.25) is 0 Å². The van der Waals surface area contributed by atoms with Crippen molar-refractivity contribution in [2.24, 2.45) is 7.05 Å². The van der Waals surface area contributed by atoms with Crippen LogP contribution in [0.3, 0.4) is 0 Å². The highest BCUT2D eigenvalue weighted by Gasteiger charge is 2.29. The maximum Gasteiger partial charge on any atom is 0.410 e. The number of carbonyl (C=O) groups is 2. The third kappa shape index (κ3) is 4.30. The summed E-state index contributed by atoms with van der Waals surface area (Å²) in [5.74, 6) is -0.338. The van der Waals surface area contributed by atoms with E-state index >= 15 is 0 Å². The van der Waals surface area contributed by atoms with E-state index < -0.39 is 0 Å². The summed E-state index contributed by atoms with van der Waals surface area (Å²) >= 11 is 5.98. The topological polar surface area (TPSA) is 76.5 Å². The van der Waals surface area contributed by atoms with Crippen molar-refractivity contribution >= 4 is 23.6 Å². The molecule has 3 rings (SSSR count). The van der Waals surface area contributed by atoms with E-state index in [4.69, 9.17) is 16.3 Å². The van der Waals surface area contributed by atoms with E-state index in [2.05, 4.69) is 10.4 Å². The number of benzene rings is 1. The van der Waals surface area contributed by atoms with Crippen molar-refractivity contribution in [1.82, 2.24) is 20.0 Å². The standard InChI is InChI=1S/C17H19ClN4O3/c1-21-10-14(18)15(20-21)16(23)19-13-7-8-22(9-13)17(24)25-11-12-5-3-2-4-6-12/h2-6,10,13H,7-9,11H2,1H3,(H,19,23)/t13-/m0/s1.